The summed E-state index contributed by atoms with van der Waals surface area (Å²) in [6, 6.07) is 5.66. The van der Waals surface area contributed by atoms with Gasteiger partial charge in [0.15, 0.2) is 0 Å². The number of pyridine rings is 1. The number of nitrogens with zero attached hydrogens (tertiary/aromatic N) is 2. The predicted octanol–water partition coefficient (Wildman–Crippen LogP) is 2.44. The number of rotatable bonds is 3. The third-order valence-electron chi connectivity index (χ3n) is 3.30. The Morgan fingerprint density at radius 1 is 1.32 bits per heavy atom. The lowest BCUT2D eigenvalue weighted by atomic mass is 9.96. The lowest BCUT2D eigenvalue weighted by Gasteiger charge is -2.22. The molecule has 0 aromatic carbocycles. The van der Waals surface area contributed by atoms with Crippen molar-refractivity contribution < 1.29 is 4.79 Å². The van der Waals surface area contributed by atoms with E-state index in [-0.39, 0.29) is 6.03 Å². The van der Waals surface area contributed by atoms with Crippen molar-refractivity contribution in [3.8, 4) is 0 Å². The van der Waals surface area contributed by atoms with Gasteiger partial charge in [0.05, 0.1) is 11.4 Å². The van der Waals surface area contributed by atoms with Gasteiger partial charge >= 0.3 is 6.03 Å². The van der Waals surface area contributed by atoms with E-state index in [9.17, 15) is 4.79 Å². The van der Waals surface area contributed by atoms with Gasteiger partial charge in [0.1, 0.15) is 0 Å². The van der Waals surface area contributed by atoms with Gasteiger partial charge in [-0.3, -0.25) is 4.98 Å². The van der Waals surface area contributed by atoms with Crippen molar-refractivity contribution >= 4 is 11.7 Å². The topological polar surface area (TPSA) is 66.4 Å². The molecule has 1 fully saturated rings. The van der Waals surface area contributed by atoms with Crippen LogP contribution in [-0.2, 0) is 0 Å². The largest absolute Gasteiger partial charge is 0.335 e. The molecule has 2 rings (SSSR count). The molecule has 5 heteroatoms. The lowest BCUT2D eigenvalue weighted by molar-refractivity contribution is 0.233. The molecule has 1 aromatic heterocycles. The highest BCUT2D eigenvalue weighted by atomic mass is 16.2. The fourth-order valence-electron chi connectivity index (χ4n) is 2.23. The Morgan fingerprint density at radius 3 is 2.79 bits per heavy atom. The third kappa shape index (κ3) is 4.35. The van der Waals surface area contributed by atoms with Crippen molar-refractivity contribution in [3.05, 3.63) is 30.1 Å². The zero-order chi connectivity index (χ0) is 13.5. The average Bonchev–Trinajstić information content (AvgIpc) is 2.47. The zero-order valence-electron chi connectivity index (χ0n) is 11.2. The van der Waals surface area contributed by atoms with Gasteiger partial charge in [-0.15, -0.1) is 0 Å². The van der Waals surface area contributed by atoms with Gasteiger partial charge in [-0.1, -0.05) is 25.3 Å². The molecule has 0 unspecified atom stereocenters. The van der Waals surface area contributed by atoms with Crippen molar-refractivity contribution in [3.63, 3.8) is 0 Å². The second-order valence-electron chi connectivity index (χ2n) is 4.83. The van der Waals surface area contributed by atoms with Crippen LogP contribution >= 0.6 is 0 Å². The Kier molecular flexibility index (Phi) is 4.89. The van der Waals surface area contributed by atoms with E-state index in [2.05, 4.69) is 20.8 Å². The molecule has 0 atom stereocenters. The maximum Gasteiger partial charge on any atom is 0.335 e. The summed E-state index contributed by atoms with van der Waals surface area (Å²) in [6.07, 6.45) is 7.50. The molecule has 19 heavy (non-hydrogen) atoms. The highest BCUT2D eigenvalue weighted by Crippen LogP contribution is 2.17. The first-order valence-corrected chi connectivity index (χ1v) is 6.78. The molecule has 0 saturated heterocycles. The lowest BCUT2D eigenvalue weighted by Crippen LogP contribution is -2.41. The van der Waals surface area contributed by atoms with E-state index < -0.39 is 0 Å². The predicted molar refractivity (Wildman–Crippen MR) is 75.0 cm³/mol. The fraction of sp³-hybridized carbons (Fsp3) is 0.500. The maximum absolute atomic E-state index is 11.7. The number of hydrogen-bond donors (Lipinski definition) is 2. The van der Waals surface area contributed by atoms with Gasteiger partial charge in [0.2, 0.25) is 0 Å². The summed E-state index contributed by atoms with van der Waals surface area (Å²) in [7, 11) is 0. The second-order valence-corrected chi connectivity index (χ2v) is 4.83. The summed E-state index contributed by atoms with van der Waals surface area (Å²) in [4.78, 5) is 15.9. The van der Waals surface area contributed by atoms with Crippen molar-refractivity contribution in [1.82, 2.24) is 15.7 Å². The van der Waals surface area contributed by atoms with E-state index in [1.807, 2.05) is 25.1 Å². The minimum absolute atomic E-state index is 0.234. The maximum atomic E-state index is 11.7. The van der Waals surface area contributed by atoms with Crippen LogP contribution in [0.25, 0.3) is 0 Å². The molecule has 1 saturated carbocycles. The molecule has 1 aromatic rings. The fourth-order valence-corrected chi connectivity index (χ4v) is 2.23. The normalized spacial score (nSPS) is 17.0. The van der Waals surface area contributed by atoms with Gasteiger partial charge in [-0.2, -0.15) is 5.10 Å². The Balaban J connectivity index is 1.82. The molecule has 2 N–H and O–H groups in total. The Hall–Kier alpha value is -1.91. The molecule has 5 nitrogen and oxygen atoms in total. The summed E-state index contributed by atoms with van der Waals surface area (Å²) in [5.74, 6) is 0. The zero-order valence-corrected chi connectivity index (χ0v) is 11.2. The van der Waals surface area contributed by atoms with Crippen LogP contribution in [0.4, 0.5) is 4.79 Å². The van der Waals surface area contributed by atoms with E-state index in [0.717, 1.165) is 18.5 Å². The number of carbonyl (C=O) groups excluding carboxylic acids is 1. The van der Waals surface area contributed by atoms with Crippen LogP contribution in [0.3, 0.4) is 0 Å². The number of hydrogen-bond acceptors (Lipinski definition) is 3. The third-order valence-corrected chi connectivity index (χ3v) is 3.30. The second kappa shape index (κ2) is 6.87. The van der Waals surface area contributed by atoms with Crippen molar-refractivity contribution in [2.24, 2.45) is 5.10 Å². The quantitative estimate of drug-likeness (QED) is 0.647. The number of amides is 2. The highest BCUT2D eigenvalue weighted by molar-refractivity contribution is 5.97. The monoisotopic (exact) mass is 260 g/mol. The van der Waals surface area contributed by atoms with Crippen LogP contribution in [0.5, 0.6) is 0 Å². The molecule has 0 aliphatic heterocycles. The van der Waals surface area contributed by atoms with Crippen molar-refractivity contribution in [2.75, 3.05) is 0 Å². The first-order chi connectivity index (χ1) is 9.25. The van der Waals surface area contributed by atoms with E-state index in [0.29, 0.717) is 11.8 Å². The Morgan fingerprint density at radius 2 is 2.11 bits per heavy atom. The molecule has 1 aliphatic carbocycles. The molecule has 1 heterocycles. The minimum Gasteiger partial charge on any atom is -0.334 e. The van der Waals surface area contributed by atoms with Gasteiger partial charge in [-0.05, 0) is 31.9 Å². The Bertz CT molecular complexity index is 438. The number of aromatic nitrogens is 1. The van der Waals surface area contributed by atoms with E-state index >= 15 is 0 Å². The molecule has 0 spiro atoms. The standard InChI is InChI=1S/C14H20N4O/c1-11(13-9-5-6-10-15-13)17-18-14(19)16-12-7-3-2-4-8-12/h5-6,9-10,12H,2-4,7-8H2,1H3,(H2,16,18,19)/b17-11+. The van der Waals surface area contributed by atoms with Crippen LogP contribution < -0.4 is 10.7 Å². The first kappa shape index (κ1) is 13.5. The molecule has 2 amide bonds. The number of urea groups is 1. The molecular weight excluding hydrogens is 240 g/mol. The molecule has 0 radical (unpaired) electrons. The SMILES string of the molecule is C/C(=N\NC(=O)NC1CCCCC1)c1ccccn1. The van der Waals surface area contributed by atoms with Crippen molar-refractivity contribution in [2.45, 2.75) is 45.1 Å². The van der Waals surface area contributed by atoms with Gasteiger partial charge in [0.25, 0.3) is 0 Å². The summed E-state index contributed by atoms with van der Waals surface area (Å²) >= 11 is 0. The van der Waals surface area contributed by atoms with Crippen LogP contribution in [0.2, 0.25) is 0 Å². The summed E-state index contributed by atoms with van der Waals surface area (Å²) in [5.41, 5.74) is 3.98. The van der Waals surface area contributed by atoms with Gasteiger partial charge in [0, 0.05) is 12.2 Å². The number of carbonyl (C=O) groups is 1. The van der Waals surface area contributed by atoms with E-state index in [4.69, 9.17) is 0 Å². The number of nitrogens with one attached hydrogen (secondary N) is 2. The molecule has 1 aliphatic rings. The smallest absolute Gasteiger partial charge is 0.334 e. The Labute approximate surface area is 113 Å². The first-order valence-electron chi connectivity index (χ1n) is 6.78. The number of hydrazone groups is 1. The van der Waals surface area contributed by atoms with E-state index in [1.165, 1.54) is 19.3 Å². The van der Waals surface area contributed by atoms with Crippen LogP contribution in [0.1, 0.15) is 44.7 Å². The molecule has 0 bridgehead atoms. The van der Waals surface area contributed by atoms with Crippen LogP contribution in [-0.4, -0.2) is 22.8 Å². The van der Waals surface area contributed by atoms with Gasteiger partial charge in [-0.25, -0.2) is 10.2 Å². The van der Waals surface area contributed by atoms with Crippen molar-refractivity contribution in [1.29, 1.82) is 0 Å². The molecular formula is C14H20N4O. The summed E-state index contributed by atoms with van der Waals surface area (Å²) in [6.45, 7) is 1.82. The highest BCUT2D eigenvalue weighted by Gasteiger charge is 2.15. The summed E-state index contributed by atoms with van der Waals surface area (Å²) < 4.78 is 0. The van der Waals surface area contributed by atoms with Gasteiger partial charge < -0.3 is 5.32 Å². The summed E-state index contributed by atoms with van der Waals surface area (Å²) in [5, 5.41) is 7.00. The minimum atomic E-state index is -0.234. The average molecular weight is 260 g/mol. The molecule has 102 valence electrons. The van der Waals surface area contributed by atoms with Crippen LogP contribution in [0.15, 0.2) is 29.5 Å². The van der Waals surface area contributed by atoms with Crippen LogP contribution in [0, 0.1) is 0 Å². The van der Waals surface area contributed by atoms with E-state index in [1.54, 1.807) is 6.20 Å².